The van der Waals surface area contributed by atoms with Crippen LogP contribution in [-0.4, -0.2) is 30.5 Å². The van der Waals surface area contributed by atoms with Gasteiger partial charge in [0.05, 0.1) is 26.3 Å². The number of nitrogens with one attached hydrogen (secondary N) is 1. The molecule has 1 saturated carbocycles. The lowest BCUT2D eigenvalue weighted by atomic mass is 10.2. The van der Waals surface area contributed by atoms with Gasteiger partial charge in [-0.05, 0) is 31.0 Å². The van der Waals surface area contributed by atoms with E-state index in [1.165, 1.54) is 35.0 Å². The van der Waals surface area contributed by atoms with Crippen LogP contribution in [0.5, 0.6) is 0 Å². The molecule has 3 aromatic rings. The zero-order valence-electron chi connectivity index (χ0n) is 12.6. The minimum atomic E-state index is -3.27. The van der Waals surface area contributed by atoms with E-state index in [-0.39, 0.29) is 10.8 Å². The van der Waals surface area contributed by atoms with Crippen LogP contribution >= 0.6 is 22.7 Å². The fraction of sp³-hybridized carbons (Fsp3) is 0.267. The molecule has 0 atom stereocenters. The van der Waals surface area contributed by atoms with E-state index < -0.39 is 9.84 Å². The first-order valence-corrected chi connectivity index (χ1v) is 10.9. The summed E-state index contributed by atoms with van der Waals surface area (Å²) in [6.07, 6.45) is 3.33. The number of carbonyl (C=O) groups is 1. The molecular formula is C15H13N3O3S3. The van der Waals surface area contributed by atoms with E-state index >= 15 is 0 Å². The summed E-state index contributed by atoms with van der Waals surface area (Å²) in [5.74, 6) is 0.200. The zero-order chi connectivity index (χ0) is 16.9. The number of hydrogen-bond donors (Lipinski definition) is 1. The molecule has 2 heterocycles. The smallest absolute Gasteiger partial charge is 0.269 e. The van der Waals surface area contributed by atoms with Gasteiger partial charge in [-0.3, -0.25) is 10.1 Å². The average molecular weight is 379 g/mol. The van der Waals surface area contributed by atoms with Gasteiger partial charge in [-0.25, -0.2) is 18.4 Å². The molecule has 0 unspecified atom stereocenters. The van der Waals surface area contributed by atoms with Gasteiger partial charge in [0, 0.05) is 12.2 Å². The number of amides is 1. The largest absolute Gasteiger partial charge is 0.297 e. The highest BCUT2D eigenvalue weighted by atomic mass is 32.2. The minimum absolute atomic E-state index is 0.207. The first kappa shape index (κ1) is 15.7. The summed E-state index contributed by atoms with van der Waals surface area (Å²) >= 11 is 2.59. The first-order valence-electron chi connectivity index (χ1n) is 7.27. The SMILES string of the molecule is CS(=O)(=O)c1ccc2nc(NC(=O)c3scnc3C3CC3)sc2c1. The van der Waals surface area contributed by atoms with E-state index in [1.807, 2.05) is 0 Å². The Morgan fingerprint density at radius 3 is 2.83 bits per heavy atom. The van der Waals surface area contributed by atoms with Crippen molar-refractivity contribution >= 4 is 53.8 Å². The van der Waals surface area contributed by atoms with Gasteiger partial charge in [0.25, 0.3) is 5.91 Å². The predicted molar refractivity (Wildman–Crippen MR) is 94.8 cm³/mol. The van der Waals surface area contributed by atoms with E-state index in [2.05, 4.69) is 15.3 Å². The number of hydrogen-bond acceptors (Lipinski definition) is 7. The Hall–Kier alpha value is -1.84. The number of anilines is 1. The van der Waals surface area contributed by atoms with Crippen molar-refractivity contribution in [2.75, 3.05) is 11.6 Å². The lowest BCUT2D eigenvalue weighted by molar-refractivity contribution is 0.102. The maximum atomic E-state index is 12.5. The molecule has 1 aliphatic carbocycles. The number of thiazole rings is 2. The van der Waals surface area contributed by atoms with Crippen molar-refractivity contribution in [3.8, 4) is 0 Å². The van der Waals surface area contributed by atoms with Crippen LogP contribution in [-0.2, 0) is 9.84 Å². The van der Waals surface area contributed by atoms with Gasteiger partial charge in [-0.15, -0.1) is 11.3 Å². The summed E-state index contributed by atoms with van der Waals surface area (Å²) in [5, 5.41) is 3.26. The van der Waals surface area contributed by atoms with Crippen molar-refractivity contribution in [1.82, 2.24) is 9.97 Å². The van der Waals surface area contributed by atoms with Crippen LogP contribution in [0, 0.1) is 0 Å². The van der Waals surface area contributed by atoms with Crippen molar-refractivity contribution in [1.29, 1.82) is 0 Å². The summed E-state index contributed by atoms with van der Waals surface area (Å²) in [7, 11) is -3.27. The van der Waals surface area contributed by atoms with Crippen LogP contribution in [0.2, 0.25) is 0 Å². The lowest BCUT2D eigenvalue weighted by Gasteiger charge is -2.00. The van der Waals surface area contributed by atoms with Crippen molar-refractivity contribution in [3.63, 3.8) is 0 Å². The van der Waals surface area contributed by atoms with Crippen molar-refractivity contribution in [2.45, 2.75) is 23.7 Å². The molecule has 1 aromatic carbocycles. The molecule has 9 heteroatoms. The van der Waals surface area contributed by atoms with Gasteiger partial charge in [0.1, 0.15) is 4.88 Å². The topological polar surface area (TPSA) is 89.0 Å². The summed E-state index contributed by atoms with van der Waals surface area (Å²) in [5.41, 5.74) is 3.23. The Bertz CT molecular complexity index is 1050. The van der Waals surface area contributed by atoms with Gasteiger partial charge in [0.2, 0.25) is 0 Å². The summed E-state index contributed by atoms with van der Waals surface area (Å²) in [4.78, 5) is 22.0. The maximum Gasteiger partial charge on any atom is 0.269 e. The minimum Gasteiger partial charge on any atom is -0.297 e. The number of aromatic nitrogens is 2. The second kappa shape index (κ2) is 5.61. The molecule has 4 rings (SSSR count). The third-order valence-corrected chi connectivity index (χ3v) is 6.66. The van der Waals surface area contributed by atoms with Crippen LogP contribution < -0.4 is 5.32 Å². The van der Waals surface area contributed by atoms with Gasteiger partial charge in [-0.2, -0.15) is 0 Å². The molecule has 1 amide bonds. The molecule has 0 spiro atoms. The highest BCUT2D eigenvalue weighted by Crippen LogP contribution is 2.42. The molecule has 0 bridgehead atoms. The highest BCUT2D eigenvalue weighted by molar-refractivity contribution is 7.90. The first-order chi connectivity index (χ1) is 11.4. The molecule has 1 N–H and O–H groups in total. The Balaban J connectivity index is 1.62. The number of rotatable bonds is 4. The Kier molecular flexibility index (Phi) is 3.66. The maximum absolute atomic E-state index is 12.5. The molecule has 24 heavy (non-hydrogen) atoms. The molecule has 6 nitrogen and oxygen atoms in total. The van der Waals surface area contributed by atoms with Gasteiger partial charge >= 0.3 is 0 Å². The second-order valence-electron chi connectivity index (χ2n) is 5.72. The third-order valence-electron chi connectivity index (χ3n) is 3.77. The number of fused-ring (bicyclic) bond motifs is 1. The Morgan fingerprint density at radius 1 is 1.33 bits per heavy atom. The van der Waals surface area contributed by atoms with Crippen LogP contribution in [0.15, 0.2) is 28.6 Å². The quantitative estimate of drug-likeness (QED) is 0.751. The number of sulfone groups is 1. The summed E-state index contributed by atoms with van der Waals surface area (Å²) in [6, 6.07) is 4.76. The molecular weight excluding hydrogens is 366 g/mol. The van der Waals surface area contributed by atoms with Crippen molar-refractivity contribution < 1.29 is 13.2 Å². The van der Waals surface area contributed by atoms with Crippen LogP contribution in [0.25, 0.3) is 10.2 Å². The Morgan fingerprint density at radius 2 is 2.12 bits per heavy atom. The molecule has 0 aliphatic heterocycles. The van der Waals surface area contributed by atoms with E-state index in [1.54, 1.807) is 17.6 Å². The van der Waals surface area contributed by atoms with Gasteiger partial charge in [0.15, 0.2) is 15.0 Å². The second-order valence-corrected chi connectivity index (χ2v) is 9.62. The highest BCUT2D eigenvalue weighted by Gasteiger charge is 2.30. The van der Waals surface area contributed by atoms with E-state index in [0.29, 0.717) is 21.4 Å². The average Bonchev–Trinajstić information content (AvgIpc) is 3.09. The number of carbonyl (C=O) groups excluding carboxylic acids is 1. The molecule has 0 radical (unpaired) electrons. The summed E-state index contributed by atoms with van der Waals surface area (Å²) in [6.45, 7) is 0. The van der Waals surface area contributed by atoms with E-state index in [0.717, 1.165) is 23.2 Å². The Labute approximate surface area is 146 Å². The van der Waals surface area contributed by atoms with Crippen LogP contribution in [0.3, 0.4) is 0 Å². The molecule has 2 aromatic heterocycles. The number of nitrogens with zero attached hydrogens (tertiary/aromatic N) is 2. The fourth-order valence-corrected chi connectivity index (χ4v) is 4.81. The van der Waals surface area contributed by atoms with Gasteiger partial charge < -0.3 is 0 Å². The van der Waals surface area contributed by atoms with Crippen molar-refractivity contribution in [2.24, 2.45) is 0 Å². The summed E-state index contributed by atoms with van der Waals surface area (Å²) < 4.78 is 24.0. The van der Waals surface area contributed by atoms with Gasteiger partial charge in [-0.1, -0.05) is 11.3 Å². The molecule has 1 aliphatic rings. The lowest BCUT2D eigenvalue weighted by Crippen LogP contribution is -2.12. The third kappa shape index (κ3) is 2.94. The molecule has 0 saturated heterocycles. The predicted octanol–water partition coefficient (Wildman–Crippen LogP) is 3.29. The van der Waals surface area contributed by atoms with E-state index in [9.17, 15) is 13.2 Å². The number of benzene rings is 1. The van der Waals surface area contributed by atoms with Crippen LogP contribution in [0.1, 0.15) is 34.1 Å². The van der Waals surface area contributed by atoms with Crippen molar-refractivity contribution in [3.05, 3.63) is 34.3 Å². The fourth-order valence-electron chi connectivity index (χ4n) is 2.42. The normalized spacial score (nSPS) is 14.9. The van der Waals surface area contributed by atoms with Crippen LogP contribution in [0.4, 0.5) is 5.13 Å². The molecule has 124 valence electrons. The monoisotopic (exact) mass is 379 g/mol. The zero-order valence-corrected chi connectivity index (χ0v) is 15.1. The molecule has 1 fully saturated rings. The van der Waals surface area contributed by atoms with E-state index in [4.69, 9.17) is 0 Å². The standard InChI is InChI=1S/C15H13N3O3S3/c1-24(20,21)9-4-5-10-11(6-9)23-15(17-10)18-14(19)13-12(8-2-3-8)16-7-22-13/h4-8H,2-3H2,1H3,(H,17,18,19).